The minimum absolute atomic E-state index is 0.0815. The minimum Gasteiger partial charge on any atom is -0.445 e. The predicted octanol–water partition coefficient (Wildman–Crippen LogP) is 0.983. The Hall–Kier alpha value is -1.59. The third kappa shape index (κ3) is 3.21. The zero-order valence-electron chi connectivity index (χ0n) is 10.2. The molecule has 1 aromatic rings. The molecule has 2 N–H and O–H groups in total. The molecule has 1 heterocycles. The molecule has 1 saturated heterocycles. The number of morpholine rings is 1. The lowest BCUT2D eigenvalue weighted by Gasteiger charge is -2.33. The van der Waals surface area contributed by atoms with Crippen molar-refractivity contribution in [1.82, 2.24) is 4.90 Å². The van der Waals surface area contributed by atoms with Crippen LogP contribution in [-0.2, 0) is 16.1 Å². The molecule has 0 aliphatic carbocycles. The molecule has 0 aromatic heterocycles. The lowest BCUT2D eigenvalue weighted by atomic mass is 10.2. The SMILES string of the molecule is NCC1COCCN1C(=O)OCc1ccccc1. The molecular formula is C13H18N2O3. The van der Waals surface area contributed by atoms with Gasteiger partial charge >= 0.3 is 6.09 Å². The Balaban J connectivity index is 1.87. The van der Waals surface area contributed by atoms with Crippen LogP contribution < -0.4 is 5.73 Å². The van der Waals surface area contributed by atoms with Gasteiger partial charge in [0.25, 0.3) is 0 Å². The second-order valence-corrected chi connectivity index (χ2v) is 4.20. The van der Waals surface area contributed by atoms with Crippen LogP contribution in [0.5, 0.6) is 0 Å². The van der Waals surface area contributed by atoms with E-state index >= 15 is 0 Å². The number of nitrogens with zero attached hydrogens (tertiary/aromatic N) is 1. The number of nitrogens with two attached hydrogens (primary N) is 1. The number of hydrogen-bond donors (Lipinski definition) is 1. The molecule has 0 bridgehead atoms. The summed E-state index contributed by atoms with van der Waals surface area (Å²) < 4.78 is 10.6. The number of amides is 1. The van der Waals surface area contributed by atoms with E-state index in [0.717, 1.165) is 5.56 Å². The van der Waals surface area contributed by atoms with Gasteiger partial charge in [0, 0.05) is 13.1 Å². The zero-order valence-corrected chi connectivity index (χ0v) is 10.2. The van der Waals surface area contributed by atoms with Crippen LogP contribution in [-0.4, -0.2) is 43.3 Å². The van der Waals surface area contributed by atoms with E-state index in [2.05, 4.69) is 0 Å². The van der Waals surface area contributed by atoms with Crippen LogP contribution in [0.3, 0.4) is 0 Å². The molecular weight excluding hydrogens is 232 g/mol. The molecule has 18 heavy (non-hydrogen) atoms. The zero-order chi connectivity index (χ0) is 12.8. The molecule has 1 aliphatic rings. The minimum atomic E-state index is -0.322. The maximum atomic E-state index is 11.9. The highest BCUT2D eigenvalue weighted by atomic mass is 16.6. The van der Waals surface area contributed by atoms with E-state index in [0.29, 0.717) is 26.3 Å². The van der Waals surface area contributed by atoms with Crippen LogP contribution in [0.2, 0.25) is 0 Å². The molecule has 1 aromatic carbocycles. The highest BCUT2D eigenvalue weighted by Crippen LogP contribution is 2.09. The Labute approximate surface area is 106 Å². The monoisotopic (exact) mass is 250 g/mol. The second-order valence-electron chi connectivity index (χ2n) is 4.20. The summed E-state index contributed by atoms with van der Waals surface area (Å²) in [5.41, 5.74) is 6.58. The molecule has 1 atom stereocenters. The normalized spacial score (nSPS) is 19.6. The summed E-state index contributed by atoms with van der Waals surface area (Å²) in [5.74, 6) is 0. The van der Waals surface area contributed by atoms with Crippen molar-refractivity contribution in [3.8, 4) is 0 Å². The quantitative estimate of drug-likeness (QED) is 0.868. The summed E-state index contributed by atoms with van der Waals surface area (Å²) in [6, 6.07) is 9.53. The molecule has 0 radical (unpaired) electrons. The van der Waals surface area contributed by atoms with Crippen LogP contribution in [0.25, 0.3) is 0 Å². The molecule has 98 valence electrons. The van der Waals surface area contributed by atoms with Crippen molar-refractivity contribution in [2.24, 2.45) is 5.73 Å². The largest absolute Gasteiger partial charge is 0.445 e. The number of carbonyl (C=O) groups excluding carboxylic acids is 1. The van der Waals surface area contributed by atoms with Crippen molar-refractivity contribution in [2.75, 3.05) is 26.3 Å². The van der Waals surface area contributed by atoms with Crippen molar-refractivity contribution < 1.29 is 14.3 Å². The van der Waals surface area contributed by atoms with Crippen LogP contribution >= 0.6 is 0 Å². The number of carbonyl (C=O) groups is 1. The van der Waals surface area contributed by atoms with Crippen LogP contribution in [0.4, 0.5) is 4.79 Å². The molecule has 1 aliphatic heterocycles. The van der Waals surface area contributed by atoms with Crippen molar-refractivity contribution >= 4 is 6.09 Å². The van der Waals surface area contributed by atoms with E-state index in [1.54, 1.807) is 4.90 Å². The Morgan fingerprint density at radius 1 is 1.44 bits per heavy atom. The third-order valence-corrected chi connectivity index (χ3v) is 2.94. The lowest BCUT2D eigenvalue weighted by molar-refractivity contribution is -0.00772. The van der Waals surface area contributed by atoms with Gasteiger partial charge in [-0.15, -0.1) is 0 Å². The highest BCUT2D eigenvalue weighted by molar-refractivity contribution is 5.68. The standard InChI is InChI=1S/C13H18N2O3/c14-8-12-10-17-7-6-15(12)13(16)18-9-11-4-2-1-3-5-11/h1-5,12H,6-10,14H2. The maximum absolute atomic E-state index is 11.9. The average molecular weight is 250 g/mol. The van der Waals surface area contributed by atoms with E-state index in [1.807, 2.05) is 30.3 Å². The topological polar surface area (TPSA) is 64.8 Å². The number of rotatable bonds is 3. The van der Waals surface area contributed by atoms with Gasteiger partial charge in [0.05, 0.1) is 19.3 Å². The van der Waals surface area contributed by atoms with Gasteiger partial charge in [-0.3, -0.25) is 4.90 Å². The van der Waals surface area contributed by atoms with Gasteiger partial charge in [0.2, 0.25) is 0 Å². The van der Waals surface area contributed by atoms with Gasteiger partial charge < -0.3 is 15.2 Å². The summed E-state index contributed by atoms with van der Waals surface area (Å²) in [7, 11) is 0. The lowest BCUT2D eigenvalue weighted by Crippen LogP contribution is -2.52. The second kappa shape index (κ2) is 6.37. The van der Waals surface area contributed by atoms with Gasteiger partial charge in [-0.25, -0.2) is 4.79 Å². The third-order valence-electron chi connectivity index (χ3n) is 2.94. The molecule has 5 heteroatoms. The van der Waals surface area contributed by atoms with E-state index in [9.17, 15) is 4.79 Å². The smallest absolute Gasteiger partial charge is 0.410 e. The van der Waals surface area contributed by atoms with E-state index in [1.165, 1.54) is 0 Å². The first-order valence-electron chi connectivity index (χ1n) is 6.06. The van der Waals surface area contributed by atoms with Crippen molar-refractivity contribution in [1.29, 1.82) is 0 Å². The van der Waals surface area contributed by atoms with Gasteiger partial charge in [-0.05, 0) is 5.56 Å². The van der Waals surface area contributed by atoms with Crippen molar-refractivity contribution in [2.45, 2.75) is 12.6 Å². The van der Waals surface area contributed by atoms with Gasteiger partial charge in [0.1, 0.15) is 6.61 Å². The average Bonchev–Trinajstić information content (AvgIpc) is 2.45. The highest BCUT2D eigenvalue weighted by Gasteiger charge is 2.27. The fourth-order valence-electron chi connectivity index (χ4n) is 1.89. The Kier molecular flexibility index (Phi) is 4.55. The van der Waals surface area contributed by atoms with Crippen molar-refractivity contribution in [3.05, 3.63) is 35.9 Å². The molecule has 5 nitrogen and oxygen atoms in total. The molecule has 2 rings (SSSR count). The Bertz CT molecular complexity index is 383. The van der Waals surface area contributed by atoms with Crippen LogP contribution in [0, 0.1) is 0 Å². The van der Waals surface area contributed by atoms with Crippen LogP contribution in [0.15, 0.2) is 30.3 Å². The van der Waals surface area contributed by atoms with E-state index in [-0.39, 0.29) is 18.7 Å². The van der Waals surface area contributed by atoms with E-state index < -0.39 is 0 Å². The van der Waals surface area contributed by atoms with Crippen molar-refractivity contribution in [3.63, 3.8) is 0 Å². The molecule has 1 fully saturated rings. The molecule has 0 spiro atoms. The first-order valence-corrected chi connectivity index (χ1v) is 6.06. The number of hydrogen-bond acceptors (Lipinski definition) is 4. The van der Waals surface area contributed by atoms with Gasteiger partial charge in [-0.1, -0.05) is 30.3 Å². The first kappa shape index (κ1) is 12.9. The first-order chi connectivity index (χ1) is 8.81. The summed E-state index contributed by atoms with van der Waals surface area (Å²) in [5, 5.41) is 0. The maximum Gasteiger partial charge on any atom is 0.410 e. The number of ether oxygens (including phenoxy) is 2. The van der Waals surface area contributed by atoms with Gasteiger partial charge in [0.15, 0.2) is 0 Å². The summed E-state index contributed by atoms with van der Waals surface area (Å²) in [6.45, 7) is 2.23. The summed E-state index contributed by atoms with van der Waals surface area (Å²) in [4.78, 5) is 13.6. The molecule has 1 amide bonds. The van der Waals surface area contributed by atoms with Gasteiger partial charge in [-0.2, -0.15) is 0 Å². The number of benzene rings is 1. The predicted molar refractivity (Wildman–Crippen MR) is 67.0 cm³/mol. The Morgan fingerprint density at radius 2 is 2.22 bits per heavy atom. The Morgan fingerprint density at radius 3 is 2.94 bits per heavy atom. The molecule has 1 unspecified atom stereocenters. The molecule has 0 saturated carbocycles. The fourth-order valence-corrected chi connectivity index (χ4v) is 1.89. The van der Waals surface area contributed by atoms with Crippen LogP contribution in [0.1, 0.15) is 5.56 Å². The fraction of sp³-hybridized carbons (Fsp3) is 0.462. The summed E-state index contributed by atoms with van der Waals surface area (Å²) >= 11 is 0. The van der Waals surface area contributed by atoms with E-state index in [4.69, 9.17) is 15.2 Å². The summed E-state index contributed by atoms with van der Waals surface area (Å²) in [6.07, 6.45) is -0.322.